The van der Waals surface area contributed by atoms with Crippen molar-refractivity contribution in [2.45, 2.75) is 13.3 Å². The summed E-state index contributed by atoms with van der Waals surface area (Å²) in [6.07, 6.45) is 0.255. The lowest BCUT2D eigenvalue weighted by molar-refractivity contribution is -0.123. The van der Waals surface area contributed by atoms with Crippen molar-refractivity contribution in [3.8, 4) is 0 Å². The first kappa shape index (κ1) is 16.2. The molecule has 0 saturated carbocycles. The van der Waals surface area contributed by atoms with Crippen molar-refractivity contribution in [3.05, 3.63) is 64.1 Å². The Kier molecular flexibility index (Phi) is 5.72. The largest absolute Gasteiger partial charge is 0.347 e. The normalized spacial score (nSPS) is 10.1. The molecule has 4 nitrogen and oxygen atoms in total. The number of carbonyl (C=O) groups excluding carboxylic acids is 2. The number of nitrogens with one attached hydrogen (secondary N) is 2. The Bertz CT molecular complexity index is 592. The number of amides is 2. The van der Waals surface area contributed by atoms with Crippen molar-refractivity contribution in [2.24, 2.45) is 0 Å². The number of halogens is 1. The molecule has 0 spiro atoms. The van der Waals surface area contributed by atoms with Crippen molar-refractivity contribution in [3.63, 3.8) is 0 Å². The fourth-order valence-corrected chi connectivity index (χ4v) is 2.14. The van der Waals surface area contributed by atoms with E-state index in [9.17, 15) is 9.59 Å². The monoisotopic (exact) mass is 360 g/mol. The van der Waals surface area contributed by atoms with Crippen LogP contribution < -0.4 is 10.6 Å². The molecule has 2 rings (SSSR count). The Hall–Kier alpha value is -2.14. The molecule has 0 aromatic heterocycles. The Morgan fingerprint density at radius 1 is 0.955 bits per heavy atom. The van der Waals surface area contributed by atoms with Crippen LogP contribution in [0.25, 0.3) is 0 Å². The molecule has 0 aliphatic rings. The van der Waals surface area contributed by atoms with E-state index in [1.54, 1.807) is 0 Å². The molecule has 2 aromatic rings. The zero-order valence-electron chi connectivity index (χ0n) is 12.2. The Morgan fingerprint density at radius 2 is 1.59 bits per heavy atom. The molecule has 2 N–H and O–H groups in total. The number of rotatable bonds is 5. The van der Waals surface area contributed by atoms with Crippen molar-refractivity contribution in [2.75, 3.05) is 11.9 Å². The van der Waals surface area contributed by atoms with E-state index in [0.29, 0.717) is 0 Å². The lowest BCUT2D eigenvalue weighted by Gasteiger charge is -2.07. The fourth-order valence-electron chi connectivity index (χ4n) is 1.87. The van der Waals surface area contributed by atoms with Crippen LogP contribution >= 0.6 is 15.9 Å². The molecular formula is C17H17BrN2O2. The van der Waals surface area contributed by atoms with E-state index in [-0.39, 0.29) is 24.8 Å². The first-order valence-corrected chi connectivity index (χ1v) is 7.70. The Labute approximate surface area is 138 Å². The molecular weight excluding hydrogens is 344 g/mol. The molecule has 5 heteroatoms. The quantitative estimate of drug-likeness (QED) is 0.860. The summed E-state index contributed by atoms with van der Waals surface area (Å²) in [6, 6.07) is 15.0. The minimum atomic E-state index is -0.243. The average molecular weight is 361 g/mol. The molecule has 0 radical (unpaired) electrons. The maximum atomic E-state index is 11.8. The maximum absolute atomic E-state index is 11.8. The van der Waals surface area contributed by atoms with Crippen molar-refractivity contribution in [1.29, 1.82) is 0 Å². The summed E-state index contributed by atoms with van der Waals surface area (Å²) in [7, 11) is 0. The summed E-state index contributed by atoms with van der Waals surface area (Å²) in [5.41, 5.74) is 2.75. The average Bonchev–Trinajstić information content (AvgIpc) is 2.50. The zero-order valence-corrected chi connectivity index (χ0v) is 13.8. The highest BCUT2D eigenvalue weighted by atomic mass is 79.9. The van der Waals surface area contributed by atoms with Crippen LogP contribution in [0.5, 0.6) is 0 Å². The van der Waals surface area contributed by atoms with Crippen LogP contribution in [0, 0.1) is 6.92 Å². The van der Waals surface area contributed by atoms with Crippen LogP contribution in [0.4, 0.5) is 5.69 Å². The number of aryl methyl sites for hydroxylation is 1. The minimum Gasteiger partial charge on any atom is -0.347 e. The summed E-state index contributed by atoms with van der Waals surface area (Å²) >= 11 is 3.34. The molecule has 2 amide bonds. The number of hydrogen-bond acceptors (Lipinski definition) is 2. The predicted octanol–water partition coefficient (Wildman–Crippen LogP) is 3.05. The molecule has 2 aromatic carbocycles. The molecule has 0 atom stereocenters. The Balaban J connectivity index is 1.76. The van der Waals surface area contributed by atoms with Gasteiger partial charge in [0.05, 0.1) is 13.0 Å². The lowest BCUT2D eigenvalue weighted by Crippen LogP contribution is -2.33. The van der Waals surface area contributed by atoms with Gasteiger partial charge in [-0.05, 0) is 36.8 Å². The van der Waals surface area contributed by atoms with Crippen molar-refractivity contribution in [1.82, 2.24) is 5.32 Å². The van der Waals surface area contributed by atoms with Crippen molar-refractivity contribution >= 4 is 33.4 Å². The molecule has 0 aliphatic heterocycles. The highest BCUT2D eigenvalue weighted by Crippen LogP contribution is 2.11. The standard InChI is InChI=1S/C17H17BrN2O2/c1-12-2-8-15(9-3-12)20-17(22)11-19-16(21)10-13-4-6-14(18)7-5-13/h2-9H,10-11H2,1H3,(H,19,21)(H,20,22). The van der Waals surface area contributed by atoms with Gasteiger partial charge < -0.3 is 10.6 Å². The molecule has 22 heavy (non-hydrogen) atoms. The van der Waals surface area contributed by atoms with E-state index < -0.39 is 0 Å². The summed E-state index contributed by atoms with van der Waals surface area (Å²) in [4.78, 5) is 23.6. The van der Waals surface area contributed by atoms with Crippen LogP contribution in [-0.2, 0) is 16.0 Å². The summed E-state index contributed by atoms with van der Waals surface area (Å²) in [6.45, 7) is 1.94. The van der Waals surface area contributed by atoms with Gasteiger partial charge in [-0.1, -0.05) is 45.8 Å². The molecule has 0 heterocycles. The van der Waals surface area contributed by atoms with Gasteiger partial charge in [0.15, 0.2) is 0 Å². The summed E-state index contributed by atoms with van der Waals surface area (Å²) < 4.78 is 0.967. The Morgan fingerprint density at radius 3 is 2.23 bits per heavy atom. The highest BCUT2D eigenvalue weighted by Gasteiger charge is 2.07. The third-order valence-electron chi connectivity index (χ3n) is 3.06. The molecule has 0 bridgehead atoms. The van der Waals surface area contributed by atoms with Gasteiger partial charge in [0.1, 0.15) is 0 Å². The van der Waals surface area contributed by atoms with Crippen LogP contribution in [0.1, 0.15) is 11.1 Å². The predicted molar refractivity (Wildman–Crippen MR) is 90.7 cm³/mol. The molecule has 114 valence electrons. The van der Waals surface area contributed by atoms with Gasteiger partial charge >= 0.3 is 0 Å². The van der Waals surface area contributed by atoms with E-state index in [0.717, 1.165) is 21.3 Å². The lowest BCUT2D eigenvalue weighted by atomic mass is 10.1. The molecule has 0 saturated heterocycles. The van der Waals surface area contributed by atoms with E-state index in [4.69, 9.17) is 0 Å². The molecule has 0 fully saturated rings. The van der Waals surface area contributed by atoms with Gasteiger partial charge in [-0.25, -0.2) is 0 Å². The summed E-state index contributed by atoms with van der Waals surface area (Å²) in [5, 5.41) is 5.35. The van der Waals surface area contributed by atoms with Crippen LogP contribution in [-0.4, -0.2) is 18.4 Å². The smallest absolute Gasteiger partial charge is 0.243 e. The van der Waals surface area contributed by atoms with Gasteiger partial charge in [-0.3, -0.25) is 9.59 Å². The molecule has 0 unspecified atom stereocenters. The number of benzene rings is 2. The van der Waals surface area contributed by atoms with E-state index in [1.807, 2.05) is 55.5 Å². The third-order valence-corrected chi connectivity index (χ3v) is 3.59. The summed E-state index contributed by atoms with van der Waals surface area (Å²) in [5.74, 6) is -0.422. The van der Waals surface area contributed by atoms with Gasteiger partial charge in [0.2, 0.25) is 11.8 Å². The van der Waals surface area contributed by atoms with E-state index >= 15 is 0 Å². The topological polar surface area (TPSA) is 58.2 Å². The van der Waals surface area contributed by atoms with Gasteiger partial charge in [0, 0.05) is 10.2 Å². The van der Waals surface area contributed by atoms with Crippen LogP contribution in [0.15, 0.2) is 53.0 Å². The number of carbonyl (C=O) groups is 2. The van der Waals surface area contributed by atoms with Gasteiger partial charge in [-0.15, -0.1) is 0 Å². The molecule has 0 aliphatic carbocycles. The maximum Gasteiger partial charge on any atom is 0.243 e. The second kappa shape index (κ2) is 7.75. The second-order valence-electron chi connectivity index (χ2n) is 4.99. The SMILES string of the molecule is Cc1ccc(NC(=O)CNC(=O)Cc2ccc(Br)cc2)cc1. The van der Waals surface area contributed by atoms with E-state index in [1.165, 1.54) is 0 Å². The third kappa shape index (κ3) is 5.33. The van der Waals surface area contributed by atoms with Gasteiger partial charge in [-0.2, -0.15) is 0 Å². The van der Waals surface area contributed by atoms with Crippen LogP contribution in [0.3, 0.4) is 0 Å². The first-order valence-electron chi connectivity index (χ1n) is 6.90. The number of hydrogen-bond donors (Lipinski definition) is 2. The van der Waals surface area contributed by atoms with Crippen molar-refractivity contribution < 1.29 is 9.59 Å². The van der Waals surface area contributed by atoms with E-state index in [2.05, 4.69) is 26.6 Å². The fraction of sp³-hybridized carbons (Fsp3) is 0.176. The second-order valence-corrected chi connectivity index (χ2v) is 5.91. The number of anilines is 1. The van der Waals surface area contributed by atoms with Gasteiger partial charge in [0.25, 0.3) is 0 Å². The zero-order chi connectivity index (χ0) is 15.9. The minimum absolute atomic E-state index is 0.0385. The van der Waals surface area contributed by atoms with Crippen LogP contribution in [0.2, 0.25) is 0 Å². The first-order chi connectivity index (χ1) is 10.5. The highest BCUT2D eigenvalue weighted by molar-refractivity contribution is 9.10.